The van der Waals surface area contributed by atoms with Gasteiger partial charge in [0.2, 0.25) is 0 Å². The molecule has 1 aliphatic heterocycles. The van der Waals surface area contributed by atoms with Gasteiger partial charge in [-0.3, -0.25) is 0 Å². The molecule has 0 saturated heterocycles. The first-order chi connectivity index (χ1) is 9.26. The lowest BCUT2D eigenvalue weighted by Gasteiger charge is -2.19. The summed E-state index contributed by atoms with van der Waals surface area (Å²) < 4.78 is 5.27. The number of anilines is 2. The van der Waals surface area contributed by atoms with E-state index in [1.165, 1.54) is 16.8 Å². The highest BCUT2D eigenvalue weighted by Gasteiger charge is 2.19. The summed E-state index contributed by atoms with van der Waals surface area (Å²) in [6, 6.07) is 14.4. The summed E-state index contributed by atoms with van der Waals surface area (Å²) in [5.74, 6) is 0.911. The average Bonchev–Trinajstić information content (AvgIpc) is 2.81. The van der Waals surface area contributed by atoms with Gasteiger partial charge < -0.3 is 15.4 Å². The number of nitrogens with zero attached hydrogens (tertiary/aromatic N) is 1. The largest absolute Gasteiger partial charge is 0.497 e. The van der Waals surface area contributed by atoms with Crippen LogP contribution in [0.15, 0.2) is 42.5 Å². The molecule has 0 unspecified atom stereocenters. The summed E-state index contributed by atoms with van der Waals surface area (Å²) in [4.78, 5) is 2.39. The van der Waals surface area contributed by atoms with E-state index in [0.29, 0.717) is 0 Å². The molecule has 19 heavy (non-hydrogen) atoms. The number of fused-ring (bicyclic) bond motifs is 1. The van der Waals surface area contributed by atoms with Crippen molar-refractivity contribution >= 4 is 11.4 Å². The Morgan fingerprint density at radius 3 is 2.95 bits per heavy atom. The quantitative estimate of drug-likeness (QED) is 0.856. The highest BCUT2D eigenvalue weighted by molar-refractivity contribution is 5.63. The van der Waals surface area contributed by atoms with Crippen LogP contribution in [0.25, 0.3) is 0 Å². The monoisotopic (exact) mass is 254 g/mol. The fourth-order valence-electron chi connectivity index (χ4n) is 2.65. The Kier molecular flexibility index (Phi) is 3.03. The Hall–Kier alpha value is -2.16. The lowest BCUT2D eigenvalue weighted by atomic mass is 10.1. The van der Waals surface area contributed by atoms with Crippen LogP contribution in [0.4, 0.5) is 11.4 Å². The van der Waals surface area contributed by atoms with Gasteiger partial charge in [-0.2, -0.15) is 0 Å². The normalized spacial score (nSPS) is 13.4. The minimum absolute atomic E-state index is 0.849. The van der Waals surface area contributed by atoms with Gasteiger partial charge in [0.15, 0.2) is 0 Å². The molecule has 0 aromatic heterocycles. The van der Waals surface area contributed by atoms with Crippen molar-refractivity contribution in [3.63, 3.8) is 0 Å². The molecule has 1 heterocycles. The van der Waals surface area contributed by atoms with Crippen molar-refractivity contribution in [2.24, 2.45) is 0 Å². The lowest BCUT2D eigenvalue weighted by Crippen LogP contribution is -2.19. The number of benzene rings is 2. The highest BCUT2D eigenvalue weighted by Crippen LogP contribution is 2.31. The molecule has 2 aromatic rings. The molecule has 2 N–H and O–H groups in total. The van der Waals surface area contributed by atoms with Gasteiger partial charge in [0.1, 0.15) is 5.75 Å². The highest BCUT2D eigenvalue weighted by atomic mass is 16.5. The van der Waals surface area contributed by atoms with E-state index in [2.05, 4.69) is 29.2 Å². The predicted molar refractivity (Wildman–Crippen MR) is 78.6 cm³/mol. The first kappa shape index (κ1) is 11.9. The third kappa shape index (κ3) is 2.36. The number of nitrogen functional groups attached to an aromatic ring is 1. The number of rotatable bonds is 3. The van der Waals surface area contributed by atoms with Crippen LogP contribution in [0.5, 0.6) is 5.75 Å². The van der Waals surface area contributed by atoms with E-state index in [1.54, 1.807) is 7.11 Å². The molecule has 3 heteroatoms. The number of nitrogens with two attached hydrogens (primary N) is 1. The van der Waals surface area contributed by atoms with Gasteiger partial charge in [-0.1, -0.05) is 12.1 Å². The van der Waals surface area contributed by atoms with Gasteiger partial charge in [-0.15, -0.1) is 0 Å². The second-order valence-corrected chi connectivity index (χ2v) is 4.91. The van der Waals surface area contributed by atoms with Crippen LogP contribution in [0.1, 0.15) is 11.1 Å². The van der Waals surface area contributed by atoms with Gasteiger partial charge >= 0.3 is 0 Å². The number of hydrogen-bond donors (Lipinski definition) is 1. The van der Waals surface area contributed by atoms with Gasteiger partial charge in [0.05, 0.1) is 7.11 Å². The van der Waals surface area contributed by atoms with E-state index >= 15 is 0 Å². The van der Waals surface area contributed by atoms with E-state index in [9.17, 15) is 0 Å². The molecule has 0 fully saturated rings. The van der Waals surface area contributed by atoms with Crippen LogP contribution in [0.3, 0.4) is 0 Å². The second kappa shape index (κ2) is 4.84. The molecule has 0 aliphatic carbocycles. The second-order valence-electron chi connectivity index (χ2n) is 4.91. The van der Waals surface area contributed by atoms with Crippen LogP contribution < -0.4 is 15.4 Å². The Morgan fingerprint density at radius 2 is 2.11 bits per heavy atom. The summed E-state index contributed by atoms with van der Waals surface area (Å²) in [7, 11) is 1.70. The molecule has 98 valence electrons. The smallest absolute Gasteiger partial charge is 0.119 e. The Balaban J connectivity index is 1.82. The van der Waals surface area contributed by atoms with Gasteiger partial charge in [-0.25, -0.2) is 0 Å². The summed E-state index contributed by atoms with van der Waals surface area (Å²) in [6.45, 7) is 1.96. The number of ether oxygens (including phenoxy) is 1. The minimum atomic E-state index is 0.849. The maximum atomic E-state index is 5.83. The predicted octanol–water partition coefficient (Wildman–Crippen LogP) is 2.84. The average molecular weight is 254 g/mol. The number of hydrogen-bond acceptors (Lipinski definition) is 3. The zero-order chi connectivity index (χ0) is 13.2. The molecule has 3 nitrogen and oxygen atoms in total. The van der Waals surface area contributed by atoms with Crippen LogP contribution in [-0.4, -0.2) is 13.7 Å². The molecule has 0 spiro atoms. The van der Waals surface area contributed by atoms with Crippen molar-refractivity contribution < 1.29 is 4.74 Å². The van der Waals surface area contributed by atoms with Crippen molar-refractivity contribution in [3.05, 3.63) is 53.6 Å². The molecular formula is C16H18N2O. The molecule has 2 aromatic carbocycles. The van der Waals surface area contributed by atoms with Crippen molar-refractivity contribution in [2.45, 2.75) is 13.0 Å². The summed E-state index contributed by atoms with van der Waals surface area (Å²) in [5, 5.41) is 0. The zero-order valence-electron chi connectivity index (χ0n) is 11.1. The van der Waals surface area contributed by atoms with Gasteiger partial charge in [0, 0.05) is 24.5 Å². The van der Waals surface area contributed by atoms with Crippen molar-refractivity contribution in [2.75, 3.05) is 24.3 Å². The van der Waals surface area contributed by atoms with Crippen molar-refractivity contribution in [3.8, 4) is 5.75 Å². The third-order valence-corrected chi connectivity index (χ3v) is 3.60. The van der Waals surface area contributed by atoms with E-state index < -0.39 is 0 Å². The molecule has 0 bridgehead atoms. The Labute approximate surface area is 113 Å². The molecule has 0 radical (unpaired) electrons. The first-order valence-corrected chi connectivity index (χ1v) is 6.52. The SMILES string of the molecule is COc1cccc(CN2CCc3cc(N)ccc32)c1. The topological polar surface area (TPSA) is 38.5 Å². The Bertz CT molecular complexity index is 595. The van der Waals surface area contributed by atoms with Crippen molar-refractivity contribution in [1.82, 2.24) is 0 Å². The third-order valence-electron chi connectivity index (χ3n) is 3.60. The van der Waals surface area contributed by atoms with Crippen molar-refractivity contribution in [1.29, 1.82) is 0 Å². The van der Waals surface area contributed by atoms with Gasteiger partial charge in [-0.05, 0) is 47.9 Å². The maximum absolute atomic E-state index is 5.83. The molecule has 0 saturated carbocycles. The van der Waals surface area contributed by atoms with Crippen LogP contribution in [0, 0.1) is 0 Å². The van der Waals surface area contributed by atoms with Gasteiger partial charge in [0.25, 0.3) is 0 Å². The van der Waals surface area contributed by atoms with E-state index in [-0.39, 0.29) is 0 Å². The molecule has 0 atom stereocenters. The van der Waals surface area contributed by atoms with E-state index in [0.717, 1.165) is 30.9 Å². The maximum Gasteiger partial charge on any atom is 0.119 e. The Morgan fingerprint density at radius 1 is 1.21 bits per heavy atom. The van der Waals surface area contributed by atoms with E-state index in [4.69, 9.17) is 10.5 Å². The van der Waals surface area contributed by atoms with Crippen LogP contribution >= 0.6 is 0 Å². The summed E-state index contributed by atoms with van der Waals surface area (Å²) in [5.41, 5.74) is 10.6. The fourth-order valence-corrected chi connectivity index (χ4v) is 2.65. The molecule has 1 aliphatic rings. The summed E-state index contributed by atoms with van der Waals surface area (Å²) in [6.07, 6.45) is 1.07. The first-order valence-electron chi connectivity index (χ1n) is 6.52. The summed E-state index contributed by atoms with van der Waals surface area (Å²) >= 11 is 0. The molecular weight excluding hydrogens is 236 g/mol. The fraction of sp³-hybridized carbons (Fsp3) is 0.250. The number of methoxy groups -OCH3 is 1. The standard InChI is InChI=1S/C16H18N2O/c1-19-15-4-2-3-12(9-15)11-18-8-7-13-10-14(17)5-6-16(13)18/h2-6,9-10H,7-8,11,17H2,1H3. The van der Waals surface area contributed by atoms with Crippen LogP contribution in [-0.2, 0) is 13.0 Å². The molecule has 3 rings (SSSR count). The molecule has 0 amide bonds. The lowest BCUT2D eigenvalue weighted by molar-refractivity contribution is 0.414. The van der Waals surface area contributed by atoms with Crippen LogP contribution in [0.2, 0.25) is 0 Å². The van der Waals surface area contributed by atoms with E-state index in [1.807, 2.05) is 18.2 Å². The minimum Gasteiger partial charge on any atom is -0.497 e. The zero-order valence-corrected chi connectivity index (χ0v) is 11.1.